The van der Waals surface area contributed by atoms with E-state index in [9.17, 15) is 9.59 Å². The van der Waals surface area contributed by atoms with Crippen molar-refractivity contribution in [3.63, 3.8) is 0 Å². The van der Waals surface area contributed by atoms with Gasteiger partial charge < -0.3 is 12.3 Å². The van der Waals surface area contributed by atoms with Crippen molar-refractivity contribution >= 4 is 39.1 Å². The maximum atomic E-state index is 13.8. The van der Waals surface area contributed by atoms with Gasteiger partial charge in [0.1, 0.15) is 0 Å². The van der Waals surface area contributed by atoms with E-state index < -0.39 is 17.3 Å². The molecule has 176 valence electrons. The van der Waals surface area contributed by atoms with Crippen LogP contribution < -0.4 is 0 Å². The lowest BCUT2D eigenvalue weighted by Gasteiger charge is -2.42. The second kappa shape index (κ2) is 10.4. The van der Waals surface area contributed by atoms with E-state index in [2.05, 4.69) is 20.8 Å². The third kappa shape index (κ3) is 5.02. The summed E-state index contributed by atoms with van der Waals surface area (Å²) in [5.41, 5.74) is 4.78. The van der Waals surface area contributed by atoms with Crippen molar-refractivity contribution < 1.29 is 21.9 Å². The second-order valence-corrected chi connectivity index (χ2v) is 17.0. The smallest absolute Gasteiger partial charge is 0.414 e. The van der Waals surface area contributed by atoms with Gasteiger partial charge in [-0.3, -0.25) is 14.2 Å². The van der Waals surface area contributed by atoms with E-state index in [1.54, 1.807) is 6.55 Å². The number of hydrogen-bond donors (Lipinski definition) is 0. The van der Waals surface area contributed by atoms with Crippen molar-refractivity contribution in [1.29, 1.82) is 0 Å². The van der Waals surface area contributed by atoms with Gasteiger partial charge in [0, 0.05) is 0 Å². The van der Waals surface area contributed by atoms with Crippen molar-refractivity contribution in [1.82, 2.24) is 4.57 Å². The normalized spacial score (nSPS) is 22.5. The second-order valence-electron chi connectivity index (χ2n) is 9.36. The molecule has 0 spiro atoms. The Balaban J connectivity index is 2.12. The summed E-state index contributed by atoms with van der Waals surface area (Å²) in [5.74, 6) is -0.491. The maximum Gasteiger partial charge on any atom is 0.448 e. The third-order valence-electron chi connectivity index (χ3n) is 6.21. The number of benzene rings is 1. The molecule has 2 radical (unpaired) electrons. The third-order valence-corrected chi connectivity index (χ3v) is 15.1. The highest BCUT2D eigenvalue weighted by molar-refractivity contribution is 6.86. The molecular formula is C23H37NO5Si3. The molecule has 2 aliphatic heterocycles. The summed E-state index contributed by atoms with van der Waals surface area (Å²) >= 11 is 0. The SMILES string of the molecule is CCCCc1cc2c(c(CCCC)c1CCCC)C(=O)N([Si]1(C)O[Si]O[Si](C)(C)O1)C2=O. The van der Waals surface area contributed by atoms with Crippen LogP contribution in [0.5, 0.6) is 0 Å². The minimum atomic E-state index is -3.22. The Morgan fingerprint density at radius 3 is 2.03 bits per heavy atom. The van der Waals surface area contributed by atoms with E-state index in [0.717, 1.165) is 63.4 Å². The minimum Gasteiger partial charge on any atom is -0.414 e. The average molecular weight is 492 g/mol. The van der Waals surface area contributed by atoms with Crippen molar-refractivity contribution in [3.8, 4) is 0 Å². The van der Waals surface area contributed by atoms with E-state index in [1.807, 2.05) is 19.2 Å². The number of amides is 2. The van der Waals surface area contributed by atoms with E-state index >= 15 is 0 Å². The first-order valence-corrected chi connectivity index (χ1v) is 18.0. The fourth-order valence-corrected chi connectivity index (χ4v) is 13.0. The Bertz CT molecular complexity index is 876. The lowest BCUT2D eigenvalue weighted by Crippen LogP contribution is -2.67. The van der Waals surface area contributed by atoms with Gasteiger partial charge in [0.15, 0.2) is 0 Å². The van der Waals surface area contributed by atoms with Gasteiger partial charge >= 0.3 is 27.3 Å². The number of aryl methyl sites for hydroxylation is 1. The van der Waals surface area contributed by atoms with Gasteiger partial charge in [0.25, 0.3) is 11.8 Å². The van der Waals surface area contributed by atoms with Gasteiger partial charge in [-0.2, -0.15) is 0 Å². The Kier molecular flexibility index (Phi) is 8.32. The minimum absolute atomic E-state index is 0.198. The van der Waals surface area contributed by atoms with Crippen LogP contribution in [-0.4, -0.2) is 43.7 Å². The van der Waals surface area contributed by atoms with Gasteiger partial charge in [0.05, 0.1) is 11.1 Å². The number of unbranched alkanes of at least 4 members (excludes halogenated alkanes) is 3. The summed E-state index contributed by atoms with van der Waals surface area (Å²) in [6.07, 6.45) is 9.14. The lowest BCUT2D eigenvalue weighted by molar-refractivity contribution is 0.0689. The molecule has 1 atom stereocenters. The first-order valence-electron chi connectivity index (χ1n) is 12.1. The van der Waals surface area contributed by atoms with E-state index in [-0.39, 0.29) is 21.8 Å². The zero-order valence-corrected chi connectivity index (χ0v) is 23.4. The molecule has 2 amide bonds. The van der Waals surface area contributed by atoms with E-state index in [1.165, 1.54) is 15.7 Å². The fraction of sp³-hybridized carbons (Fsp3) is 0.652. The van der Waals surface area contributed by atoms with Crippen LogP contribution >= 0.6 is 0 Å². The Hall–Kier alpha value is -1.11. The fourth-order valence-electron chi connectivity index (χ4n) is 4.62. The van der Waals surface area contributed by atoms with Crippen LogP contribution in [0.4, 0.5) is 0 Å². The number of carbonyl (C=O) groups excluding carboxylic acids is 2. The molecule has 2 aliphatic rings. The molecule has 0 bridgehead atoms. The van der Waals surface area contributed by atoms with Gasteiger partial charge in [-0.1, -0.05) is 40.0 Å². The number of carbonyl (C=O) groups is 2. The van der Waals surface area contributed by atoms with Gasteiger partial charge in [0.2, 0.25) is 0 Å². The molecule has 9 heteroatoms. The molecule has 0 saturated carbocycles. The molecule has 1 aromatic carbocycles. The summed E-state index contributed by atoms with van der Waals surface area (Å²) in [5, 5.41) is 0. The van der Waals surface area contributed by atoms with Crippen molar-refractivity contribution in [3.05, 3.63) is 33.9 Å². The van der Waals surface area contributed by atoms with Crippen molar-refractivity contribution in [2.45, 2.75) is 98.2 Å². The summed E-state index contributed by atoms with van der Waals surface area (Å²) in [6.45, 7) is 12.2. The predicted octanol–water partition coefficient (Wildman–Crippen LogP) is 5.18. The number of hydrogen-bond acceptors (Lipinski definition) is 5. The van der Waals surface area contributed by atoms with Crippen LogP contribution in [-0.2, 0) is 31.6 Å². The van der Waals surface area contributed by atoms with Crippen LogP contribution in [0.2, 0.25) is 19.6 Å². The molecule has 6 nitrogen and oxygen atoms in total. The summed E-state index contributed by atoms with van der Waals surface area (Å²) < 4.78 is 19.2. The van der Waals surface area contributed by atoms with Crippen molar-refractivity contribution in [2.24, 2.45) is 0 Å². The molecule has 3 rings (SSSR count). The highest BCUT2D eigenvalue weighted by Gasteiger charge is 2.57. The number of rotatable bonds is 10. The van der Waals surface area contributed by atoms with Gasteiger partial charge in [-0.25, -0.2) is 0 Å². The van der Waals surface area contributed by atoms with Crippen molar-refractivity contribution in [2.75, 3.05) is 0 Å². The summed E-state index contributed by atoms with van der Waals surface area (Å²) in [4.78, 5) is 27.5. The molecule has 2 heterocycles. The summed E-state index contributed by atoms with van der Waals surface area (Å²) in [6, 6.07) is 2.01. The maximum absolute atomic E-state index is 13.8. The first-order chi connectivity index (χ1) is 15.2. The Morgan fingerprint density at radius 1 is 0.844 bits per heavy atom. The quantitative estimate of drug-likeness (QED) is 0.333. The molecule has 0 aromatic heterocycles. The monoisotopic (exact) mass is 491 g/mol. The molecular weight excluding hydrogens is 455 g/mol. The Morgan fingerprint density at radius 2 is 1.44 bits per heavy atom. The molecule has 0 aliphatic carbocycles. The largest absolute Gasteiger partial charge is 0.448 e. The molecule has 32 heavy (non-hydrogen) atoms. The summed E-state index contributed by atoms with van der Waals surface area (Å²) in [7, 11) is -5.86. The average Bonchev–Trinajstić information content (AvgIpc) is 2.98. The number of fused-ring (bicyclic) bond motifs is 1. The van der Waals surface area contributed by atoms with Crippen LogP contribution in [0.25, 0.3) is 0 Å². The first kappa shape index (κ1) is 25.5. The van der Waals surface area contributed by atoms with Crippen LogP contribution in [0.1, 0.15) is 96.7 Å². The number of nitrogens with zero attached hydrogens (tertiary/aromatic N) is 1. The van der Waals surface area contributed by atoms with E-state index in [4.69, 9.17) is 12.3 Å². The topological polar surface area (TPSA) is 65.1 Å². The van der Waals surface area contributed by atoms with Gasteiger partial charge in [-0.15, -0.1) is 0 Å². The van der Waals surface area contributed by atoms with Gasteiger partial charge in [-0.05, 0) is 80.9 Å². The number of imide groups is 1. The zero-order chi connectivity index (χ0) is 23.5. The lowest BCUT2D eigenvalue weighted by atomic mass is 9.85. The molecule has 1 unspecified atom stereocenters. The zero-order valence-electron chi connectivity index (χ0n) is 20.4. The van der Waals surface area contributed by atoms with Crippen LogP contribution in [0, 0.1) is 0 Å². The molecule has 1 saturated heterocycles. The predicted molar refractivity (Wildman–Crippen MR) is 131 cm³/mol. The highest BCUT2D eigenvalue weighted by Crippen LogP contribution is 2.37. The molecule has 1 aromatic rings. The Labute approximate surface area is 197 Å². The van der Waals surface area contributed by atoms with Crippen LogP contribution in [0.15, 0.2) is 6.07 Å². The molecule has 0 N–H and O–H groups in total. The van der Waals surface area contributed by atoms with E-state index in [0.29, 0.717) is 11.1 Å². The molecule has 1 fully saturated rings. The van der Waals surface area contributed by atoms with Crippen LogP contribution in [0.3, 0.4) is 0 Å². The highest BCUT2D eigenvalue weighted by atomic mass is 28.5. The standard InChI is InChI=1S/C23H37NO5Si3/c1-7-10-13-17-16-20-21(19(15-12-9-3)18(17)14-11-8-2)23(26)24(22(20)25)32(6)28-30-27-31(4,5)29-32/h16H,7-15H2,1-6H3.